The van der Waals surface area contributed by atoms with Gasteiger partial charge in [0.2, 0.25) is 0 Å². The van der Waals surface area contributed by atoms with Crippen molar-refractivity contribution < 1.29 is 9.53 Å². The van der Waals surface area contributed by atoms with Crippen LogP contribution in [0.15, 0.2) is 76.3 Å². The Balaban J connectivity index is 1.63. The molecule has 8 heteroatoms. The first kappa shape index (κ1) is 21.0. The number of hydrogen-bond donors (Lipinski definition) is 0. The second kappa shape index (κ2) is 8.26. The summed E-state index contributed by atoms with van der Waals surface area (Å²) in [6.07, 6.45) is 0. The average Bonchev–Trinajstić information content (AvgIpc) is 2.83. The van der Waals surface area contributed by atoms with Crippen LogP contribution in [0.3, 0.4) is 0 Å². The summed E-state index contributed by atoms with van der Waals surface area (Å²) in [5, 5.41) is 0.909. The first-order valence-electron chi connectivity index (χ1n) is 10.4. The van der Waals surface area contributed by atoms with Crippen LogP contribution in [0, 0.1) is 0 Å². The van der Waals surface area contributed by atoms with Gasteiger partial charge in [0.25, 0.3) is 5.56 Å². The minimum Gasteiger partial charge on any atom is -0.465 e. The fraction of sp³-hybridized carbons (Fsp3) is 0.160. The van der Waals surface area contributed by atoms with E-state index in [2.05, 4.69) is 4.90 Å². The first-order valence-corrected chi connectivity index (χ1v) is 10.8. The molecule has 0 radical (unpaired) electrons. The van der Waals surface area contributed by atoms with Crippen molar-refractivity contribution in [3.8, 4) is 5.69 Å². The number of rotatable bonds is 4. The number of carbonyl (C=O) groups is 1. The number of aromatic nitrogens is 2. The highest BCUT2D eigenvalue weighted by atomic mass is 35.5. The van der Waals surface area contributed by atoms with Crippen LogP contribution in [0.4, 0.5) is 5.69 Å². The topological polar surface area (TPSA) is 73.5 Å². The van der Waals surface area contributed by atoms with Crippen molar-refractivity contribution in [3.05, 3.63) is 104 Å². The largest absolute Gasteiger partial charge is 0.465 e. The highest BCUT2D eigenvalue weighted by Gasteiger charge is 2.24. The molecular weight excluding hydrogens is 442 g/mol. The smallest absolute Gasteiger partial charge is 0.337 e. The van der Waals surface area contributed by atoms with Gasteiger partial charge in [0.15, 0.2) is 0 Å². The van der Waals surface area contributed by atoms with Crippen LogP contribution in [0.1, 0.15) is 15.9 Å². The van der Waals surface area contributed by atoms with Gasteiger partial charge in [-0.1, -0.05) is 35.9 Å². The lowest BCUT2D eigenvalue weighted by molar-refractivity contribution is 0.0600. The van der Waals surface area contributed by atoms with Gasteiger partial charge in [0.1, 0.15) is 0 Å². The van der Waals surface area contributed by atoms with Crippen molar-refractivity contribution in [1.29, 1.82) is 0 Å². The zero-order valence-electron chi connectivity index (χ0n) is 17.8. The quantitative estimate of drug-likeness (QED) is 0.434. The molecule has 0 saturated carbocycles. The fourth-order valence-corrected chi connectivity index (χ4v) is 4.54. The number of hydrogen-bond acceptors (Lipinski definition) is 5. The highest BCUT2D eigenvalue weighted by molar-refractivity contribution is 6.30. The van der Waals surface area contributed by atoms with E-state index < -0.39 is 11.7 Å². The van der Waals surface area contributed by atoms with Crippen molar-refractivity contribution in [2.75, 3.05) is 18.6 Å². The van der Waals surface area contributed by atoms with Crippen LogP contribution < -0.4 is 16.1 Å². The Hall–Kier alpha value is -3.84. The maximum absolute atomic E-state index is 13.4. The van der Waals surface area contributed by atoms with E-state index in [1.807, 2.05) is 24.3 Å². The molecule has 1 aliphatic heterocycles. The van der Waals surface area contributed by atoms with Crippen LogP contribution in [0.2, 0.25) is 5.02 Å². The minimum absolute atomic E-state index is 0.384. The Morgan fingerprint density at radius 3 is 2.58 bits per heavy atom. The Labute approximate surface area is 194 Å². The van der Waals surface area contributed by atoms with Gasteiger partial charge >= 0.3 is 11.7 Å². The third-order valence-electron chi connectivity index (χ3n) is 5.86. The molecule has 0 aliphatic carbocycles. The average molecular weight is 462 g/mol. The zero-order valence-corrected chi connectivity index (χ0v) is 18.6. The molecule has 0 atom stereocenters. The van der Waals surface area contributed by atoms with Crippen LogP contribution >= 0.6 is 11.6 Å². The number of carbonyl (C=O) groups excluding carboxylic acids is 1. The number of halogens is 1. The van der Waals surface area contributed by atoms with Crippen LogP contribution in [-0.2, 0) is 17.8 Å². The lowest BCUT2D eigenvalue weighted by Crippen LogP contribution is -2.44. The molecule has 0 spiro atoms. The summed E-state index contributed by atoms with van der Waals surface area (Å²) in [6, 6.07) is 19.4. The van der Waals surface area contributed by atoms with E-state index in [1.54, 1.807) is 47.0 Å². The van der Waals surface area contributed by atoms with E-state index in [9.17, 15) is 14.4 Å². The molecule has 1 aromatic heterocycles. The normalized spacial score (nSPS) is 12.7. The third kappa shape index (κ3) is 3.60. The maximum atomic E-state index is 13.4. The number of para-hydroxylation sites is 1. The summed E-state index contributed by atoms with van der Waals surface area (Å²) in [4.78, 5) is 40.7. The molecular formula is C25H20ClN3O4. The van der Waals surface area contributed by atoms with Gasteiger partial charge in [-0.25, -0.2) is 14.2 Å². The summed E-state index contributed by atoms with van der Waals surface area (Å²) >= 11 is 6.10. The summed E-state index contributed by atoms with van der Waals surface area (Å²) in [6.45, 7) is 1.52. The van der Waals surface area contributed by atoms with Crippen LogP contribution in [0.5, 0.6) is 0 Å². The van der Waals surface area contributed by atoms with E-state index >= 15 is 0 Å². The number of nitrogens with zero attached hydrogens (tertiary/aromatic N) is 3. The number of benzene rings is 3. The van der Waals surface area contributed by atoms with E-state index in [4.69, 9.17) is 16.3 Å². The predicted molar refractivity (Wildman–Crippen MR) is 128 cm³/mol. The molecule has 0 amide bonds. The van der Waals surface area contributed by atoms with Gasteiger partial charge in [0, 0.05) is 24.7 Å². The third-order valence-corrected chi connectivity index (χ3v) is 6.10. The number of esters is 1. The van der Waals surface area contributed by atoms with Crippen LogP contribution in [-0.4, -0.2) is 28.8 Å². The summed E-state index contributed by atoms with van der Waals surface area (Å²) in [5.41, 5.74) is 2.48. The summed E-state index contributed by atoms with van der Waals surface area (Å²) in [7, 11) is 1.35. The molecule has 4 aromatic rings. The van der Waals surface area contributed by atoms with Gasteiger partial charge in [-0.05, 0) is 48.0 Å². The maximum Gasteiger partial charge on any atom is 0.337 e. The Morgan fingerprint density at radius 1 is 1.00 bits per heavy atom. The van der Waals surface area contributed by atoms with E-state index in [0.717, 1.165) is 11.3 Å². The van der Waals surface area contributed by atoms with Crippen molar-refractivity contribution in [1.82, 2.24) is 9.13 Å². The van der Waals surface area contributed by atoms with Gasteiger partial charge in [-0.2, -0.15) is 0 Å². The molecule has 33 heavy (non-hydrogen) atoms. The highest BCUT2D eigenvalue weighted by Crippen LogP contribution is 2.29. The lowest BCUT2D eigenvalue weighted by atomic mass is 10.1. The van der Waals surface area contributed by atoms with E-state index in [1.165, 1.54) is 11.7 Å². The molecule has 0 fully saturated rings. The molecule has 0 unspecified atom stereocenters. The van der Waals surface area contributed by atoms with Crippen molar-refractivity contribution in [3.63, 3.8) is 0 Å². The Morgan fingerprint density at radius 2 is 1.79 bits per heavy atom. The number of anilines is 1. The second-order valence-electron chi connectivity index (χ2n) is 7.84. The van der Waals surface area contributed by atoms with Gasteiger partial charge in [-0.3, -0.25) is 9.36 Å². The molecule has 2 heterocycles. The van der Waals surface area contributed by atoms with E-state index in [-0.39, 0.29) is 5.56 Å². The Bertz CT molecular complexity index is 1520. The molecule has 3 aromatic carbocycles. The van der Waals surface area contributed by atoms with Crippen molar-refractivity contribution in [2.24, 2.45) is 0 Å². The molecule has 1 aliphatic rings. The van der Waals surface area contributed by atoms with E-state index in [0.29, 0.717) is 46.8 Å². The minimum atomic E-state index is -0.394. The fourth-order valence-electron chi connectivity index (χ4n) is 4.36. The first-order chi connectivity index (χ1) is 16.0. The van der Waals surface area contributed by atoms with Gasteiger partial charge < -0.3 is 9.64 Å². The predicted octanol–water partition coefficient (Wildman–Crippen LogP) is 3.61. The molecule has 7 nitrogen and oxygen atoms in total. The van der Waals surface area contributed by atoms with Gasteiger partial charge in [-0.15, -0.1) is 0 Å². The molecule has 5 rings (SSSR count). The monoisotopic (exact) mass is 461 g/mol. The van der Waals surface area contributed by atoms with Crippen molar-refractivity contribution in [2.45, 2.75) is 13.1 Å². The van der Waals surface area contributed by atoms with Crippen LogP contribution in [0.25, 0.3) is 16.6 Å². The molecule has 166 valence electrons. The van der Waals surface area contributed by atoms with Gasteiger partial charge in [0.05, 0.1) is 35.0 Å². The summed E-state index contributed by atoms with van der Waals surface area (Å²) in [5.74, 6) is -0.393. The summed E-state index contributed by atoms with van der Waals surface area (Å²) < 4.78 is 7.64. The molecule has 0 bridgehead atoms. The molecule has 0 saturated heterocycles. The standard InChI is InChI=1S/C25H20ClN3O4/c1-33-24(31)17-6-2-5-16(13-17)15-27-11-12-28-22-20(9-4-10-21(22)27)23(30)29(25(28)32)19-8-3-7-18(26)14-19/h2-10,13-14H,11-12,15H2,1H3. The Kier molecular flexibility index (Phi) is 5.26. The second-order valence-corrected chi connectivity index (χ2v) is 8.28. The number of methoxy groups -OCH3 is 1. The lowest BCUT2D eigenvalue weighted by Gasteiger charge is -2.32. The SMILES string of the molecule is COC(=O)c1cccc(CN2CCn3c(=O)n(-c4cccc(Cl)c4)c(=O)c4cccc2c43)c1. The number of ether oxygens (including phenoxy) is 1. The van der Waals surface area contributed by atoms with Crippen molar-refractivity contribution >= 4 is 34.2 Å². The zero-order chi connectivity index (χ0) is 23.1. The molecule has 0 N–H and O–H groups in total.